The van der Waals surface area contributed by atoms with Crippen molar-refractivity contribution in [1.82, 2.24) is 5.32 Å². The first-order valence-corrected chi connectivity index (χ1v) is 8.85. The van der Waals surface area contributed by atoms with Gasteiger partial charge in [-0.05, 0) is 18.9 Å². The van der Waals surface area contributed by atoms with Crippen LogP contribution in [-0.4, -0.2) is 60.7 Å². The van der Waals surface area contributed by atoms with E-state index in [0.29, 0.717) is 11.0 Å². The Bertz CT molecular complexity index is 368. The number of allylic oxidation sites excluding steroid dienone is 1. The van der Waals surface area contributed by atoms with Gasteiger partial charge in [-0.1, -0.05) is 45.1 Å². The summed E-state index contributed by atoms with van der Waals surface area (Å²) in [5, 5.41) is 11.6. The van der Waals surface area contributed by atoms with Gasteiger partial charge in [0, 0.05) is 13.0 Å². The van der Waals surface area contributed by atoms with Crippen LogP contribution in [0, 0.1) is 0 Å². The maximum Gasteiger partial charge on any atom is 0.359 e. The van der Waals surface area contributed by atoms with Gasteiger partial charge in [0.15, 0.2) is 6.54 Å². The summed E-state index contributed by atoms with van der Waals surface area (Å²) in [6.45, 7) is 3.63. The quantitative estimate of drug-likeness (QED) is 0.288. The number of rotatable bonds is 14. The van der Waals surface area contributed by atoms with Gasteiger partial charge in [-0.3, -0.25) is 4.79 Å². The zero-order valence-electron chi connectivity index (χ0n) is 15.6. The first-order valence-electron chi connectivity index (χ1n) is 8.85. The van der Waals surface area contributed by atoms with E-state index in [4.69, 9.17) is 5.11 Å². The van der Waals surface area contributed by atoms with Crippen LogP contribution in [0.15, 0.2) is 12.2 Å². The molecule has 0 aliphatic heterocycles. The molecule has 6 nitrogen and oxygen atoms in total. The second kappa shape index (κ2) is 15.1. The minimum Gasteiger partial charge on any atom is -0.870 e. The van der Waals surface area contributed by atoms with Crippen molar-refractivity contribution in [1.29, 1.82) is 0 Å². The van der Waals surface area contributed by atoms with Gasteiger partial charge in [0.1, 0.15) is 0 Å². The third-order valence-electron chi connectivity index (χ3n) is 3.80. The van der Waals surface area contributed by atoms with Crippen LogP contribution in [0.25, 0.3) is 0 Å². The van der Waals surface area contributed by atoms with Crippen molar-refractivity contribution in [3.8, 4) is 0 Å². The number of hydrogen-bond acceptors (Lipinski definition) is 3. The number of hydrogen-bond donors (Lipinski definition) is 2. The lowest BCUT2D eigenvalue weighted by molar-refractivity contribution is -0.883. The summed E-state index contributed by atoms with van der Waals surface area (Å²) in [6, 6.07) is 0. The normalized spacial score (nSPS) is 11.3. The van der Waals surface area contributed by atoms with Crippen LogP contribution < -0.4 is 5.32 Å². The zero-order valence-corrected chi connectivity index (χ0v) is 15.6. The van der Waals surface area contributed by atoms with Gasteiger partial charge in [0.25, 0.3) is 0 Å². The summed E-state index contributed by atoms with van der Waals surface area (Å²) in [5.41, 5.74) is 0. The van der Waals surface area contributed by atoms with E-state index >= 15 is 0 Å². The van der Waals surface area contributed by atoms with Crippen molar-refractivity contribution in [2.45, 2.75) is 58.3 Å². The Labute approximate surface area is 146 Å². The molecule has 0 bridgehead atoms. The fraction of sp³-hybridized carbons (Fsp3) is 0.778. The number of nitrogens with zero attached hydrogens (tertiary/aromatic N) is 1. The lowest BCUT2D eigenvalue weighted by Crippen LogP contribution is -2.45. The number of likely N-dealkylation sites (N-methyl/N-ethyl adjacent to an activating group) is 1. The van der Waals surface area contributed by atoms with Crippen molar-refractivity contribution in [2.75, 3.05) is 33.7 Å². The average Bonchev–Trinajstić information content (AvgIpc) is 2.45. The Morgan fingerprint density at radius 2 is 1.67 bits per heavy atom. The summed E-state index contributed by atoms with van der Waals surface area (Å²) < 4.78 is 0.430. The number of unbranched alkanes of at least 4 members (excludes halogenated alkanes) is 6. The van der Waals surface area contributed by atoms with Crippen molar-refractivity contribution >= 4 is 11.9 Å². The molecular weight excluding hydrogens is 308 g/mol. The van der Waals surface area contributed by atoms with E-state index in [1.54, 1.807) is 6.08 Å². The summed E-state index contributed by atoms with van der Waals surface area (Å²) in [5.74, 6) is -0.851. The molecule has 0 aromatic rings. The molecule has 0 aliphatic rings. The second-order valence-electron chi connectivity index (χ2n) is 6.81. The molecule has 1 amide bonds. The van der Waals surface area contributed by atoms with Gasteiger partial charge in [0.2, 0.25) is 5.91 Å². The highest BCUT2D eigenvalue weighted by atomic mass is 16.4. The van der Waals surface area contributed by atoms with Gasteiger partial charge in [0.05, 0.1) is 20.6 Å². The van der Waals surface area contributed by atoms with Crippen LogP contribution in [0.2, 0.25) is 0 Å². The van der Waals surface area contributed by atoms with E-state index in [1.807, 2.05) is 20.2 Å². The number of carbonyl (C=O) groups excluding carboxylic acids is 1. The van der Waals surface area contributed by atoms with E-state index in [0.717, 1.165) is 25.8 Å². The molecule has 0 radical (unpaired) electrons. The number of carboxylic acid groups (broad SMARTS) is 1. The molecule has 6 heteroatoms. The molecular formula is C18H36N2O4. The number of nitrogens with one attached hydrogen (secondary N) is 1. The van der Waals surface area contributed by atoms with Crippen molar-refractivity contribution in [3.63, 3.8) is 0 Å². The molecule has 0 aromatic heterocycles. The maximum absolute atomic E-state index is 11.6. The van der Waals surface area contributed by atoms with E-state index in [2.05, 4.69) is 12.2 Å². The predicted molar refractivity (Wildman–Crippen MR) is 96.2 cm³/mol. The van der Waals surface area contributed by atoms with E-state index in [9.17, 15) is 9.59 Å². The highest BCUT2D eigenvalue weighted by Gasteiger charge is 2.18. The van der Waals surface area contributed by atoms with Gasteiger partial charge in [-0.2, -0.15) is 0 Å². The Morgan fingerprint density at radius 3 is 2.29 bits per heavy atom. The Morgan fingerprint density at radius 1 is 1.04 bits per heavy atom. The Kier molecular flexibility index (Phi) is 15.7. The predicted octanol–water partition coefficient (Wildman–Crippen LogP) is 2.78. The lowest BCUT2D eigenvalue weighted by Gasteiger charge is -2.27. The molecule has 0 aromatic carbocycles. The molecule has 0 fully saturated rings. The number of quaternary nitrogens is 1. The molecule has 3 N–H and O–H groups in total. The fourth-order valence-electron chi connectivity index (χ4n) is 2.46. The first-order chi connectivity index (χ1) is 10.9. The zero-order chi connectivity index (χ0) is 17.6. The van der Waals surface area contributed by atoms with E-state index in [1.165, 1.54) is 32.1 Å². The van der Waals surface area contributed by atoms with Gasteiger partial charge < -0.3 is 20.4 Å². The lowest BCUT2D eigenvalue weighted by atomic mass is 10.1. The molecule has 0 spiro atoms. The van der Waals surface area contributed by atoms with Gasteiger partial charge in [-0.25, -0.2) is 4.79 Å². The molecule has 0 rings (SSSR count). The summed E-state index contributed by atoms with van der Waals surface area (Å²) >= 11 is 0. The molecule has 0 heterocycles. The van der Waals surface area contributed by atoms with Crippen LogP contribution in [-0.2, 0) is 9.59 Å². The number of carbonyl (C=O) groups is 2. The fourth-order valence-corrected chi connectivity index (χ4v) is 2.46. The Balaban J connectivity index is 0. The second-order valence-corrected chi connectivity index (χ2v) is 6.81. The van der Waals surface area contributed by atoms with Crippen LogP contribution in [0.3, 0.4) is 0 Å². The summed E-state index contributed by atoms with van der Waals surface area (Å²) in [7, 11) is 3.77. The van der Waals surface area contributed by atoms with Crippen molar-refractivity contribution in [2.24, 2.45) is 0 Å². The molecule has 0 aliphatic carbocycles. The van der Waals surface area contributed by atoms with Crippen LogP contribution in [0.4, 0.5) is 0 Å². The van der Waals surface area contributed by atoms with Gasteiger partial charge in [-0.15, -0.1) is 0 Å². The Hall–Kier alpha value is -1.40. The van der Waals surface area contributed by atoms with Crippen molar-refractivity contribution < 1.29 is 24.7 Å². The monoisotopic (exact) mass is 344 g/mol. The summed E-state index contributed by atoms with van der Waals surface area (Å²) in [6.07, 6.45) is 12.9. The van der Waals surface area contributed by atoms with Gasteiger partial charge >= 0.3 is 5.97 Å². The minimum atomic E-state index is -0.795. The molecule has 142 valence electrons. The average molecular weight is 344 g/mol. The number of amides is 1. The van der Waals surface area contributed by atoms with Crippen LogP contribution in [0.1, 0.15) is 58.3 Å². The third-order valence-corrected chi connectivity index (χ3v) is 3.80. The van der Waals surface area contributed by atoms with Crippen LogP contribution in [0.5, 0.6) is 0 Å². The topological polar surface area (TPSA) is 96.4 Å². The highest BCUT2D eigenvalue weighted by Crippen LogP contribution is 2.07. The van der Waals surface area contributed by atoms with Crippen LogP contribution >= 0.6 is 0 Å². The largest absolute Gasteiger partial charge is 0.870 e. The molecule has 0 unspecified atom stereocenters. The standard InChI is InChI=1S/C18H34N2O3.H2O/c1-4-5-6-7-8-9-10-11-13-17(21)19-14-12-15-20(2,3)16-18(22)23;/h11,13H,4-10,12,14-16H2,1-3H3,(H-,19,21,22,23);1H2/b13-11+;. The number of aliphatic carboxylic acids is 1. The van der Waals surface area contributed by atoms with E-state index < -0.39 is 5.97 Å². The molecule has 0 saturated heterocycles. The minimum absolute atomic E-state index is 0. The number of carboxylic acids is 1. The molecule has 24 heavy (non-hydrogen) atoms. The maximum atomic E-state index is 11.6. The van der Waals surface area contributed by atoms with Crippen molar-refractivity contribution in [3.05, 3.63) is 12.2 Å². The third kappa shape index (κ3) is 17.0. The molecule has 0 saturated carbocycles. The summed E-state index contributed by atoms with van der Waals surface area (Å²) in [4.78, 5) is 22.3. The molecule has 0 atom stereocenters. The first kappa shape index (κ1) is 24.8. The smallest absolute Gasteiger partial charge is 0.359 e. The SMILES string of the molecule is CCCCCCCC/C=C/C(=O)NCCC[N+](C)(C)CC(=O)O.[OH-]. The highest BCUT2D eigenvalue weighted by molar-refractivity contribution is 5.87. The van der Waals surface area contributed by atoms with E-state index in [-0.39, 0.29) is 17.9 Å².